The number of anilines is 2. The van der Waals surface area contributed by atoms with E-state index in [4.69, 9.17) is 12.2 Å². The largest absolute Gasteiger partial charge is 0.349 e. The Morgan fingerprint density at radius 2 is 1.56 bits per heavy atom. The van der Waals surface area contributed by atoms with E-state index in [1.807, 2.05) is 54.6 Å². The van der Waals surface area contributed by atoms with Gasteiger partial charge in [0.05, 0.1) is 0 Å². The van der Waals surface area contributed by atoms with E-state index in [0.29, 0.717) is 16.7 Å². The number of rotatable bonds is 4. The molecule has 0 aliphatic heterocycles. The molecule has 0 aromatic heterocycles. The first kappa shape index (κ1) is 17.4. The van der Waals surface area contributed by atoms with Gasteiger partial charge in [0.25, 0.3) is 5.91 Å². The highest BCUT2D eigenvalue weighted by molar-refractivity contribution is 7.80. The molecule has 3 rings (SSSR count). The molecule has 25 heavy (non-hydrogen) atoms. The molecule has 3 N–H and O–H groups in total. The Labute approximate surface area is 154 Å². The maximum absolute atomic E-state index is 12.5. The SMILES string of the molecule is O=C(NC1CCCCC1)c1cccc(NC(=S)Nc2ccccc2)c1. The second-order valence-electron chi connectivity index (χ2n) is 6.33. The molecule has 2 aromatic carbocycles. The number of hydrogen-bond acceptors (Lipinski definition) is 2. The topological polar surface area (TPSA) is 53.2 Å². The van der Waals surface area contributed by atoms with Crippen molar-refractivity contribution in [3.63, 3.8) is 0 Å². The van der Waals surface area contributed by atoms with E-state index >= 15 is 0 Å². The quantitative estimate of drug-likeness (QED) is 0.706. The Hall–Kier alpha value is -2.40. The summed E-state index contributed by atoms with van der Waals surface area (Å²) in [6.07, 6.45) is 5.83. The van der Waals surface area contributed by atoms with Gasteiger partial charge in [-0.05, 0) is 55.4 Å². The van der Waals surface area contributed by atoms with Crippen LogP contribution in [-0.4, -0.2) is 17.1 Å². The Morgan fingerprint density at radius 1 is 0.880 bits per heavy atom. The number of benzene rings is 2. The fraction of sp³-hybridized carbons (Fsp3) is 0.300. The lowest BCUT2D eigenvalue weighted by Gasteiger charge is -2.22. The lowest BCUT2D eigenvalue weighted by molar-refractivity contribution is 0.0928. The molecule has 130 valence electrons. The summed E-state index contributed by atoms with van der Waals surface area (Å²) in [5.74, 6) is -0.0162. The second-order valence-corrected chi connectivity index (χ2v) is 6.74. The number of carbonyl (C=O) groups is 1. The summed E-state index contributed by atoms with van der Waals surface area (Å²) < 4.78 is 0. The third-order valence-electron chi connectivity index (χ3n) is 4.35. The number of nitrogens with one attached hydrogen (secondary N) is 3. The van der Waals surface area contributed by atoms with E-state index in [1.54, 1.807) is 0 Å². The molecule has 0 unspecified atom stereocenters. The number of hydrogen-bond donors (Lipinski definition) is 3. The van der Waals surface area contributed by atoms with Gasteiger partial charge in [0.15, 0.2) is 5.11 Å². The van der Waals surface area contributed by atoms with Gasteiger partial charge in [0.1, 0.15) is 0 Å². The molecule has 0 bridgehead atoms. The van der Waals surface area contributed by atoms with Crippen LogP contribution in [0.25, 0.3) is 0 Å². The van der Waals surface area contributed by atoms with Crippen LogP contribution >= 0.6 is 12.2 Å². The summed E-state index contributed by atoms with van der Waals surface area (Å²) in [5, 5.41) is 9.89. The summed E-state index contributed by atoms with van der Waals surface area (Å²) in [5.41, 5.74) is 2.37. The minimum Gasteiger partial charge on any atom is -0.349 e. The molecule has 0 saturated heterocycles. The van der Waals surface area contributed by atoms with E-state index in [0.717, 1.165) is 24.2 Å². The van der Waals surface area contributed by atoms with Gasteiger partial charge in [-0.15, -0.1) is 0 Å². The summed E-state index contributed by atoms with van der Waals surface area (Å²) >= 11 is 5.34. The van der Waals surface area contributed by atoms with Crippen molar-refractivity contribution in [2.24, 2.45) is 0 Å². The zero-order valence-electron chi connectivity index (χ0n) is 14.1. The van der Waals surface area contributed by atoms with Gasteiger partial charge < -0.3 is 16.0 Å². The van der Waals surface area contributed by atoms with E-state index in [9.17, 15) is 4.79 Å². The highest BCUT2D eigenvalue weighted by Crippen LogP contribution is 2.18. The van der Waals surface area contributed by atoms with E-state index in [2.05, 4.69) is 16.0 Å². The molecule has 5 heteroatoms. The van der Waals surface area contributed by atoms with Crippen LogP contribution in [0.5, 0.6) is 0 Å². The fourth-order valence-electron chi connectivity index (χ4n) is 3.07. The van der Waals surface area contributed by atoms with Crippen molar-refractivity contribution >= 4 is 34.6 Å². The molecular weight excluding hydrogens is 330 g/mol. The molecule has 4 nitrogen and oxygen atoms in total. The van der Waals surface area contributed by atoms with Gasteiger partial charge in [-0.3, -0.25) is 4.79 Å². The maximum atomic E-state index is 12.5. The Kier molecular flexibility index (Phi) is 6.01. The first-order valence-corrected chi connectivity index (χ1v) is 9.15. The van der Waals surface area contributed by atoms with Gasteiger partial charge in [0, 0.05) is 23.0 Å². The van der Waals surface area contributed by atoms with Crippen LogP contribution in [0.3, 0.4) is 0 Å². The van der Waals surface area contributed by atoms with Crippen molar-refractivity contribution in [3.8, 4) is 0 Å². The van der Waals surface area contributed by atoms with Crippen molar-refractivity contribution in [2.45, 2.75) is 38.1 Å². The lowest BCUT2D eigenvalue weighted by Crippen LogP contribution is -2.36. The van der Waals surface area contributed by atoms with Gasteiger partial charge in [-0.1, -0.05) is 43.5 Å². The van der Waals surface area contributed by atoms with Crippen LogP contribution in [0.1, 0.15) is 42.5 Å². The molecule has 0 heterocycles. The average molecular weight is 353 g/mol. The molecule has 1 aliphatic rings. The molecule has 0 radical (unpaired) electrons. The molecule has 0 spiro atoms. The highest BCUT2D eigenvalue weighted by Gasteiger charge is 2.16. The van der Waals surface area contributed by atoms with E-state index < -0.39 is 0 Å². The highest BCUT2D eigenvalue weighted by atomic mass is 32.1. The van der Waals surface area contributed by atoms with Crippen LogP contribution in [-0.2, 0) is 0 Å². The summed E-state index contributed by atoms with van der Waals surface area (Å²) in [4.78, 5) is 12.5. The zero-order chi connectivity index (χ0) is 17.5. The van der Waals surface area contributed by atoms with Crippen molar-refractivity contribution in [1.29, 1.82) is 0 Å². The summed E-state index contributed by atoms with van der Waals surface area (Å²) in [7, 11) is 0. The molecule has 0 atom stereocenters. The van der Waals surface area contributed by atoms with Gasteiger partial charge in [-0.25, -0.2) is 0 Å². The maximum Gasteiger partial charge on any atom is 0.251 e. The standard InChI is InChI=1S/C20H23N3OS/c24-19(21-16-9-3-1-4-10-16)15-8-7-13-18(14-15)23-20(25)22-17-11-5-2-6-12-17/h2,5-8,11-14,16H,1,3-4,9-10H2,(H,21,24)(H2,22,23,25). The minimum absolute atomic E-state index is 0.0162. The van der Waals surface area contributed by atoms with Crippen LogP contribution < -0.4 is 16.0 Å². The van der Waals surface area contributed by atoms with Crippen molar-refractivity contribution in [2.75, 3.05) is 10.6 Å². The van der Waals surface area contributed by atoms with Crippen molar-refractivity contribution < 1.29 is 4.79 Å². The van der Waals surface area contributed by atoms with E-state index in [1.165, 1.54) is 19.3 Å². The number of carbonyl (C=O) groups excluding carboxylic acids is 1. The third-order valence-corrected chi connectivity index (χ3v) is 4.56. The van der Waals surface area contributed by atoms with Crippen LogP contribution in [0.2, 0.25) is 0 Å². The Bertz CT molecular complexity index is 727. The Morgan fingerprint density at radius 3 is 2.32 bits per heavy atom. The molecular formula is C20H23N3OS. The fourth-order valence-corrected chi connectivity index (χ4v) is 3.30. The molecule has 2 aromatic rings. The van der Waals surface area contributed by atoms with Crippen LogP contribution in [0.15, 0.2) is 54.6 Å². The summed E-state index contributed by atoms with van der Waals surface area (Å²) in [6.45, 7) is 0. The predicted octanol–water partition coefficient (Wildman–Crippen LogP) is 4.56. The van der Waals surface area contributed by atoms with Crippen molar-refractivity contribution in [3.05, 3.63) is 60.2 Å². The number of amides is 1. The molecule has 1 aliphatic carbocycles. The van der Waals surface area contributed by atoms with Gasteiger partial charge in [-0.2, -0.15) is 0 Å². The van der Waals surface area contributed by atoms with E-state index in [-0.39, 0.29) is 5.91 Å². The summed E-state index contributed by atoms with van der Waals surface area (Å²) in [6, 6.07) is 17.5. The van der Waals surface area contributed by atoms with Gasteiger partial charge >= 0.3 is 0 Å². The smallest absolute Gasteiger partial charge is 0.251 e. The number of thiocarbonyl (C=S) groups is 1. The number of para-hydroxylation sites is 1. The zero-order valence-corrected chi connectivity index (χ0v) is 14.9. The van der Waals surface area contributed by atoms with Crippen LogP contribution in [0, 0.1) is 0 Å². The average Bonchev–Trinajstić information content (AvgIpc) is 2.63. The normalized spacial score (nSPS) is 14.6. The second kappa shape index (κ2) is 8.62. The molecule has 1 fully saturated rings. The minimum atomic E-state index is -0.0162. The Balaban J connectivity index is 1.58. The van der Waals surface area contributed by atoms with Crippen LogP contribution in [0.4, 0.5) is 11.4 Å². The first-order chi connectivity index (χ1) is 12.2. The molecule has 1 amide bonds. The predicted molar refractivity (Wildman–Crippen MR) is 107 cm³/mol. The van der Waals surface area contributed by atoms with Gasteiger partial charge in [0.2, 0.25) is 0 Å². The third kappa shape index (κ3) is 5.29. The lowest BCUT2D eigenvalue weighted by atomic mass is 9.95. The monoisotopic (exact) mass is 353 g/mol. The molecule has 1 saturated carbocycles. The first-order valence-electron chi connectivity index (χ1n) is 8.75. The van der Waals surface area contributed by atoms with Crippen molar-refractivity contribution in [1.82, 2.24) is 5.32 Å².